The molecule has 10 nitrogen and oxygen atoms in total. The van der Waals surface area contributed by atoms with Gasteiger partial charge in [0.2, 0.25) is 0 Å². The highest BCUT2D eigenvalue weighted by molar-refractivity contribution is 7.91. The highest BCUT2D eigenvalue weighted by atomic mass is 35.5. The molecule has 0 unspecified atom stereocenters. The molecule has 0 aliphatic rings. The van der Waals surface area contributed by atoms with Crippen molar-refractivity contribution in [2.24, 2.45) is 0 Å². The first kappa shape index (κ1) is 26.5. The van der Waals surface area contributed by atoms with E-state index in [-0.39, 0.29) is 5.82 Å². The van der Waals surface area contributed by atoms with Gasteiger partial charge in [-0.1, -0.05) is 17.7 Å². The Kier molecular flexibility index (Phi) is 8.06. The van der Waals surface area contributed by atoms with E-state index < -0.39 is 26.9 Å². The lowest BCUT2D eigenvalue weighted by molar-refractivity contribution is 0.0987. The summed E-state index contributed by atoms with van der Waals surface area (Å²) in [5.41, 5.74) is 1.56. The molecule has 3 aromatic heterocycles. The number of benzene rings is 1. The van der Waals surface area contributed by atoms with E-state index in [1.54, 1.807) is 60.3 Å². The fourth-order valence-electron chi connectivity index (χ4n) is 3.99. The van der Waals surface area contributed by atoms with Gasteiger partial charge in [0.1, 0.15) is 29.0 Å². The molecule has 12 heteroatoms. The second-order valence-electron chi connectivity index (χ2n) is 8.10. The van der Waals surface area contributed by atoms with Gasteiger partial charge in [-0.2, -0.15) is 0 Å². The van der Waals surface area contributed by atoms with Crippen LogP contribution in [-0.2, 0) is 20.3 Å². The van der Waals surface area contributed by atoms with Crippen molar-refractivity contribution in [3.8, 4) is 28.6 Å². The van der Waals surface area contributed by atoms with E-state index in [1.165, 1.54) is 27.5 Å². The Morgan fingerprint density at radius 1 is 0.973 bits per heavy atom. The van der Waals surface area contributed by atoms with Crippen LogP contribution in [0.25, 0.3) is 17.1 Å². The van der Waals surface area contributed by atoms with Gasteiger partial charge in [0.15, 0.2) is 21.5 Å². The fourth-order valence-corrected chi connectivity index (χ4v) is 5.54. The molecule has 0 fully saturated rings. The van der Waals surface area contributed by atoms with Gasteiger partial charge < -0.3 is 14.2 Å². The lowest BCUT2D eigenvalue weighted by atomic mass is 10.2. The lowest BCUT2D eigenvalue weighted by Crippen LogP contribution is -2.29. The fraction of sp³-hybridized carbons (Fsp3) is 0.280. The minimum atomic E-state index is -3.84. The van der Waals surface area contributed by atoms with Crippen LogP contribution in [0.2, 0.25) is 5.02 Å². The molecule has 0 amide bonds. The van der Waals surface area contributed by atoms with Crippen molar-refractivity contribution >= 4 is 21.4 Å². The summed E-state index contributed by atoms with van der Waals surface area (Å²) >= 11 is 5.95. The Morgan fingerprint density at radius 2 is 1.70 bits per heavy atom. The molecule has 194 valence electrons. The van der Waals surface area contributed by atoms with Gasteiger partial charge >= 0.3 is 0 Å². The monoisotopic (exact) mass is 543 g/mol. The van der Waals surface area contributed by atoms with Gasteiger partial charge in [-0.25, -0.2) is 8.42 Å². The molecule has 0 N–H and O–H groups in total. The molecule has 4 aromatic rings. The van der Waals surface area contributed by atoms with E-state index in [9.17, 15) is 8.42 Å². The molecule has 0 aliphatic heterocycles. The largest absolute Gasteiger partial charge is 0.494 e. The van der Waals surface area contributed by atoms with Crippen molar-refractivity contribution in [3.63, 3.8) is 0 Å². The summed E-state index contributed by atoms with van der Waals surface area (Å²) in [5.74, 6) is 1.03. The number of nitrogens with zero attached hydrogens (tertiary/aromatic N) is 5. The van der Waals surface area contributed by atoms with Gasteiger partial charge in [0, 0.05) is 31.3 Å². The number of sulfone groups is 1. The van der Waals surface area contributed by atoms with Crippen molar-refractivity contribution in [1.29, 1.82) is 0 Å². The van der Waals surface area contributed by atoms with Crippen LogP contribution in [0.1, 0.15) is 24.5 Å². The van der Waals surface area contributed by atoms with Crippen LogP contribution in [-0.4, -0.2) is 59.7 Å². The first-order chi connectivity index (χ1) is 17.8. The van der Waals surface area contributed by atoms with Crippen molar-refractivity contribution in [3.05, 3.63) is 77.6 Å². The standard InChI is InChI=1S/C25H26ClN5O5S/c1-16(24(36-4)19-11-10-18(26)14-28-19)37(32,33)15-22-29-30-25(17-7-6-12-27-13-17)31(22)23-20(34-2)8-5-9-21(23)35-3/h5-14,16,24H,15H2,1-4H3/t16-,24-/m1/s1. The van der Waals surface area contributed by atoms with E-state index >= 15 is 0 Å². The molecule has 3 heterocycles. The third-order valence-electron chi connectivity index (χ3n) is 5.89. The number of rotatable bonds is 10. The van der Waals surface area contributed by atoms with E-state index in [0.717, 1.165) is 0 Å². The maximum Gasteiger partial charge on any atom is 0.170 e. The minimum Gasteiger partial charge on any atom is -0.494 e. The van der Waals surface area contributed by atoms with Crippen LogP contribution in [0.15, 0.2) is 61.1 Å². The molecule has 0 saturated heterocycles. The predicted octanol–water partition coefficient (Wildman–Crippen LogP) is 4.09. The van der Waals surface area contributed by atoms with Crippen LogP contribution >= 0.6 is 11.6 Å². The van der Waals surface area contributed by atoms with Crippen molar-refractivity contribution in [2.75, 3.05) is 21.3 Å². The molecule has 1 aromatic carbocycles. The van der Waals surface area contributed by atoms with Crippen molar-refractivity contribution in [1.82, 2.24) is 24.7 Å². The summed E-state index contributed by atoms with van der Waals surface area (Å²) in [5, 5.41) is 8.09. The zero-order chi connectivity index (χ0) is 26.6. The Morgan fingerprint density at radius 3 is 2.27 bits per heavy atom. The molecule has 2 atom stereocenters. The van der Waals surface area contributed by atoms with E-state index in [1.807, 2.05) is 6.07 Å². The normalized spacial score (nSPS) is 13.2. The topological polar surface area (TPSA) is 118 Å². The number of para-hydroxylation sites is 1. The van der Waals surface area contributed by atoms with E-state index in [0.29, 0.717) is 39.3 Å². The average Bonchev–Trinajstić information content (AvgIpc) is 3.32. The molecular weight excluding hydrogens is 518 g/mol. The second-order valence-corrected chi connectivity index (χ2v) is 10.9. The van der Waals surface area contributed by atoms with Crippen molar-refractivity contribution < 1.29 is 22.6 Å². The van der Waals surface area contributed by atoms with Gasteiger partial charge in [-0.3, -0.25) is 14.5 Å². The van der Waals surface area contributed by atoms with Crippen LogP contribution in [0.3, 0.4) is 0 Å². The molecule has 37 heavy (non-hydrogen) atoms. The quantitative estimate of drug-likeness (QED) is 0.291. The van der Waals surface area contributed by atoms with Crippen LogP contribution < -0.4 is 9.47 Å². The number of aromatic nitrogens is 5. The number of hydrogen-bond donors (Lipinski definition) is 0. The number of ether oxygens (including phenoxy) is 3. The third-order valence-corrected chi connectivity index (χ3v) is 8.16. The molecule has 4 rings (SSSR count). The number of halogens is 1. The molecule has 0 spiro atoms. The maximum atomic E-state index is 13.7. The number of pyridine rings is 2. The smallest absolute Gasteiger partial charge is 0.170 e. The maximum absolute atomic E-state index is 13.7. The summed E-state index contributed by atoms with van der Waals surface area (Å²) in [4.78, 5) is 8.42. The Hall–Kier alpha value is -3.54. The summed E-state index contributed by atoms with van der Waals surface area (Å²) < 4.78 is 45.7. The molecule has 0 saturated carbocycles. The number of hydrogen-bond acceptors (Lipinski definition) is 9. The van der Waals surface area contributed by atoms with E-state index in [2.05, 4.69) is 20.2 Å². The second kappa shape index (κ2) is 11.2. The lowest BCUT2D eigenvalue weighted by Gasteiger charge is -2.23. The van der Waals surface area contributed by atoms with Gasteiger partial charge in [0.05, 0.1) is 30.2 Å². The van der Waals surface area contributed by atoms with Crippen LogP contribution in [0, 0.1) is 0 Å². The summed E-state index contributed by atoms with van der Waals surface area (Å²) in [6.45, 7) is 1.58. The van der Waals surface area contributed by atoms with Gasteiger partial charge in [-0.05, 0) is 43.3 Å². The Labute approximate surface area is 220 Å². The SMILES string of the molecule is COc1cccc(OC)c1-n1c(CS(=O)(=O)[C@H](C)[C@@H](OC)c2ccc(Cl)cn2)nnc1-c1cccnc1. The third kappa shape index (κ3) is 5.43. The van der Waals surface area contributed by atoms with Gasteiger partial charge in [0.25, 0.3) is 0 Å². The average molecular weight is 544 g/mol. The van der Waals surface area contributed by atoms with E-state index in [4.69, 9.17) is 25.8 Å². The van der Waals surface area contributed by atoms with Gasteiger partial charge in [-0.15, -0.1) is 10.2 Å². The highest BCUT2D eigenvalue weighted by Gasteiger charge is 2.34. The molecule has 0 aliphatic carbocycles. The zero-order valence-electron chi connectivity index (χ0n) is 20.7. The first-order valence-corrected chi connectivity index (χ1v) is 13.3. The summed E-state index contributed by atoms with van der Waals surface area (Å²) in [6, 6.07) is 12.1. The molecule has 0 radical (unpaired) electrons. The predicted molar refractivity (Wildman–Crippen MR) is 139 cm³/mol. The summed E-state index contributed by atoms with van der Waals surface area (Å²) in [7, 11) is 0.642. The summed E-state index contributed by atoms with van der Waals surface area (Å²) in [6.07, 6.45) is 3.89. The Bertz CT molecular complexity index is 1440. The number of methoxy groups -OCH3 is 3. The minimum absolute atomic E-state index is 0.174. The van der Waals surface area contributed by atoms with Crippen LogP contribution in [0.4, 0.5) is 0 Å². The highest BCUT2D eigenvalue weighted by Crippen LogP contribution is 2.37. The Balaban J connectivity index is 1.83. The molecular formula is C25H26ClN5O5S. The van der Waals surface area contributed by atoms with Crippen molar-refractivity contribution in [2.45, 2.75) is 24.0 Å². The zero-order valence-corrected chi connectivity index (χ0v) is 22.3. The van der Waals surface area contributed by atoms with Crippen LogP contribution in [0.5, 0.6) is 11.5 Å². The molecule has 0 bridgehead atoms. The first-order valence-electron chi connectivity index (χ1n) is 11.2.